The normalized spacial score (nSPS) is 11.8. The van der Waals surface area contributed by atoms with E-state index in [0.29, 0.717) is 23.5 Å². The molecule has 3 rings (SSSR count). The molecule has 0 fully saturated rings. The van der Waals surface area contributed by atoms with Gasteiger partial charge >= 0.3 is 12.1 Å². The minimum absolute atomic E-state index is 0.288. The Morgan fingerprint density at radius 2 is 1.58 bits per heavy atom. The largest absolute Gasteiger partial charge is 0.444 e. The molecule has 0 bridgehead atoms. The Balaban J connectivity index is 1.61. The molecule has 1 unspecified atom stereocenters. The molecule has 0 radical (unpaired) electrons. The highest BCUT2D eigenvalue weighted by Gasteiger charge is 2.20. The third-order valence-electron chi connectivity index (χ3n) is 5.27. The minimum Gasteiger partial charge on any atom is -0.444 e. The van der Waals surface area contributed by atoms with Crippen molar-refractivity contribution in [3.05, 3.63) is 89.7 Å². The first-order valence-corrected chi connectivity index (χ1v) is 11.5. The molecule has 0 aliphatic carbocycles. The number of nitrogens with zero attached hydrogens (tertiary/aromatic N) is 2. The number of carbonyl (C=O) groups excluding carboxylic acids is 3. The summed E-state index contributed by atoms with van der Waals surface area (Å²) in [6, 6.07) is 16.5. The zero-order valence-corrected chi connectivity index (χ0v) is 20.8. The lowest BCUT2D eigenvalue weighted by atomic mass is 10.0. The molecule has 3 aromatic rings. The Morgan fingerprint density at radius 3 is 2.11 bits per heavy atom. The van der Waals surface area contributed by atoms with E-state index in [4.69, 9.17) is 10.5 Å². The van der Waals surface area contributed by atoms with E-state index in [0.717, 1.165) is 11.1 Å². The number of amides is 4. The van der Waals surface area contributed by atoms with Gasteiger partial charge in [-0.2, -0.15) is 0 Å². The lowest BCUT2D eigenvalue weighted by Gasteiger charge is -2.28. The van der Waals surface area contributed by atoms with Crippen molar-refractivity contribution >= 4 is 29.4 Å². The highest BCUT2D eigenvalue weighted by Crippen LogP contribution is 2.23. The molecule has 188 valence electrons. The van der Waals surface area contributed by atoms with Crippen molar-refractivity contribution in [3.63, 3.8) is 0 Å². The van der Waals surface area contributed by atoms with Gasteiger partial charge < -0.3 is 20.7 Å². The van der Waals surface area contributed by atoms with Gasteiger partial charge in [0, 0.05) is 35.9 Å². The lowest BCUT2D eigenvalue weighted by molar-refractivity contribution is 0.0635. The number of urea groups is 1. The van der Waals surface area contributed by atoms with E-state index >= 15 is 0 Å². The van der Waals surface area contributed by atoms with Gasteiger partial charge in [-0.25, -0.2) is 9.59 Å². The Morgan fingerprint density at radius 1 is 0.972 bits per heavy atom. The number of pyridine rings is 1. The van der Waals surface area contributed by atoms with Crippen LogP contribution in [0.25, 0.3) is 0 Å². The van der Waals surface area contributed by atoms with Crippen molar-refractivity contribution in [2.75, 3.05) is 10.6 Å². The molecule has 1 atom stereocenters. The molecule has 0 aliphatic rings. The summed E-state index contributed by atoms with van der Waals surface area (Å²) in [7, 11) is 0. The molecule has 4 N–H and O–H groups in total. The Labute approximate surface area is 210 Å². The lowest BCUT2D eigenvalue weighted by Crippen LogP contribution is -2.37. The number of nitrogens with one attached hydrogen (secondary N) is 2. The summed E-state index contributed by atoms with van der Waals surface area (Å²) < 4.78 is 5.23. The predicted octanol–water partition coefficient (Wildman–Crippen LogP) is 5.32. The van der Waals surface area contributed by atoms with Crippen molar-refractivity contribution in [1.29, 1.82) is 0 Å². The smallest absolute Gasteiger partial charge is 0.412 e. The first-order valence-electron chi connectivity index (χ1n) is 11.5. The van der Waals surface area contributed by atoms with Crippen molar-refractivity contribution in [1.82, 2.24) is 9.88 Å². The number of anilines is 2. The van der Waals surface area contributed by atoms with E-state index in [-0.39, 0.29) is 11.9 Å². The third kappa shape index (κ3) is 7.56. The van der Waals surface area contributed by atoms with Crippen LogP contribution in [0.1, 0.15) is 55.2 Å². The zero-order valence-electron chi connectivity index (χ0n) is 20.8. The number of primary amides is 1. The van der Waals surface area contributed by atoms with Crippen LogP contribution in [0.15, 0.2) is 73.1 Å². The Hall–Kier alpha value is -4.40. The van der Waals surface area contributed by atoms with Crippen LogP contribution >= 0.6 is 0 Å². The van der Waals surface area contributed by atoms with Gasteiger partial charge in [0.25, 0.3) is 5.91 Å². The summed E-state index contributed by atoms with van der Waals surface area (Å²) in [4.78, 5) is 42.3. The van der Waals surface area contributed by atoms with Crippen LogP contribution in [0.2, 0.25) is 0 Å². The first-order chi connectivity index (χ1) is 17.0. The zero-order chi connectivity index (χ0) is 26.3. The van der Waals surface area contributed by atoms with Crippen LogP contribution in [0.3, 0.4) is 0 Å². The number of ether oxygens (including phenoxy) is 1. The van der Waals surface area contributed by atoms with Crippen LogP contribution in [0.4, 0.5) is 21.0 Å². The molecule has 9 heteroatoms. The molecule has 36 heavy (non-hydrogen) atoms. The molecule has 0 aliphatic heterocycles. The molecular weight excluding hydrogens is 458 g/mol. The highest BCUT2D eigenvalue weighted by atomic mass is 16.6. The van der Waals surface area contributed by atoms with Crippen molar-refractivity contribution < 1.29 is 19.1 Å². The molecule has 9 nitrogen and oxygen atoms in total. The van der Waals surface area contributed by atoms with E-state index in [1.807, 2.05) is 13.0 Å². The summed E-state index contributed by atoms with van der Waals surface area (Å²) in [6.07, 6.45) is 2.81. The molecular formula is C27H31N5O4. The van der Waals surface area contributed by atoms with Gasteiger partial charge in [0.15, 0.2) is 0 Å². The number of carbonyl (C=O) groups is 3. The number of aromatic nitrogens is 1. The Kier molecular flexibility index (Phi) is 8.26. The average Bonchev–Trinajstić information content (AvgIpc) is 2.82. The average molecular weight is 490 g/mol. The fourth-order valence-electron chi connectivity index (χ4n) is 3.45. The molecule has 1 aromatic heterocycles. The SMILES string of the molecule is CC(c1ccc(C(=O)Nc2ccc(NC(=O)OC(C)(C)C)cc2)cc1)N(Cc1cccnc1)C(N)=O. The van der Waals surface area contributed by atoms with Gasteiger partial charge in [-0.1, -0.05) is 18.2 Å². The van der Waals surface area contributed by atoms with E-state index in [9.17, 15) is 14.4 Å². The van der Waals surface area contributed by atoms with Crippen LogP contribution in [-0.2, 0) is 11.3 Å². The quantitative estimate of drug-likeness (QED) is 0.414. The van der Waals surface area contributed by atoms with Crippen molar-refractivity contribution in [2.45, 2.75) is 45.9 Å². The van der Waals surface area contributed by atoms with Crippen LogP contribution in [0.5, 0.6) is 0 Å². The second-order valence-electron chi connectivity index (χ2n) is 9.28. The maximum absolute atomic E-state index is 12.7. The number of rotatable bonds is 7. The van der Waals surface area contributed by atoms with Crippen LogP contribution in [-0.4, -0.2) is 33.5 Å². The number of nitrogens with two attached hydrogens (primary N) is 1. The summed E-state index contributed by atoms with van der Waals surface area (Å²) in [6.45, 7) is 7.56. The van der Waals surface area contributed by atoms with Crippen LogP contribution < -0.4 is 16.4 Å². The minimum atomic E-state index is -0.594. The van der Waals surface area contributed by atoms with Crippen molar-refractivity contribution in [3.8, 4) is 0 Å². The fourth-order valence-corrected chi connectivity index (χ4v) is 3.45. The van der Waals surface area contributed by atoms with Crippen LogP contribution in [0, 0.1) is 0 Å². The molecule has 0 saturated heterocycles. The van der Waals surface area contributed by atoms with Gasteiger partial charge in [0.1, 0.15) is 5.60 Å². The summed E-state index contributed by atoms with van der Waals surface area (Å²) >= 11 is 0. The van der Waals surface area contributed by atoms with E-state index < -0.39 is 17.7 Å². The molecule has 4 amide bonds. The summed E-state index contributed by atoms with van der Waals surface area (Å²) in [5.74, 6) is -0.288. The third-order valence-corrected chi connectivity index (χ3v) is 5.27. The first kappa shape index (κ1) is 26.2. The number of benzene rings is 2. The molecule has 0 spiro atoms. The summed E-state index contributed by atoms with van der Waals surface area (Å²) in [5.41, 5.74) is 8.31. The van der Waals surface area contributed by atoms with Crippen molar-refractivity contribution in [2.24, 2.45) is 5.73 Å². The second-order valence-corrected chi connectivity index (χ2v) is 9.28. The van der Waals surface area contributed by atoms with Gasteiger partial charge in [-0.15, -0.1) is 0 Å². The second kappa shape index (κ2) is 11.4. The van der Waals surface area contributed by atoms with Gasteiger partial charge in [0.2, 0.25) is 0 Å². The van der Waals surface area contributed by atoms with E-state index in [1.165, 1.54) is 0 Å². The van der Waals surface area contributed by atoms with E-state index in [1.54, 1.807) is 92.7 Å². The molecule has 2 aromatic carbocycles. The maximum Gasteiger partial charge on any atom is 0.412 e. The Bertz CT molecular complexity index is 1190. The number of hydrogen-bond donors (Lipinski definition) is 3. The monoisotopic (exact) mass is 489 g/mol. The van der Waals surface area contributed by atoms with E-state index in [2.05, 4.69) is 15.6 Å². The van der Waals surface area contributed by atoms with Gasteiger partial charge in [-0.05, 0) is 81.3 Å². The maximum atomic E-state index is 12.7. The molecule has 1 heterocycles. The topological polar surface area (TPSA) is 127 Å². The van der Waals surface area contributed by atoms with Gasteiger partial charge in [0.05, 0.1) is 6.04 Å². The standard InChI is InChI=1S/C27H31N5O4/c1-18(32(25(28)34)17-19-6-5-15-29-16-19)20-7-9-21(10-8-20)24(33)30-22-11-13-23(14-12-22)31-26(35)36-27(2,3)4/h5-16,18H,17H2,1-4H3,(H2,28,34)(H,30,33)(H,31,35). The molecule has 0 saturated carbocycles. The number of hydrogen-bond acceptors (Lipinski definition) is 5. The fraction of sp³-hybridized carbons (Fsp3) is 0.259. The predicted molar refractivity (Wildman–Crippen MR) is 138 cm³/mol. The van der Waals surface area contributed by atoms with Gasteiger partial charge in [-0.3, -0.25) is 15.1 Å². The summed E-state index contributed by atoms with van der Waals surface area (Å²) in [5, 5.41) is 5.47. The highest BCUT2D eigenvalue weighted by molar-refractivity contribution is 6.04.